The predicted octanol–water partition coefficient (Wildman–Crippen LogP) is 4.79. The Bertz CT molecular complexity index is 1100. The van der Waals surface area contributed by atoms with E-state index in [9.17, 15) is 9.59 Å². The summed E-state index contributed by atoms with van der Waals surface area (Å²) in [6.45, 7) is 5.88. The number of benzene rings is 1. The standard InChI is InChI=1S/C26H32N4O3/c1-20-16-27-29(17-20)19-23-12-13-25(33-23)26(32)28-14-8-4-3-5-9-15-30(21(2)31)24-11-7-6-10-22(24)18-28/h6-7,10-13,16-17H,3-5,8-9,14-15,18-19H2,1-2H3. The summed E-state index contributed by atoms with van der Waals surface area (Å²) in [5, 5.41) is 4.29. The van der Waals surface area contributed by atoms with Gasteiger partial charge in [-0.25, -0.2) is 0 Å². The van der Waals surface area contributed by atoms with Crippen LogP contribution in [0.15, 0.2) is 53.2 Å². The second-order valence-corrected chi connectivity index (χ2v) is 8.78. The molecule has 0 aliphatic carbocycles. The number of carbonyl (C=O) groups excluding carboxylic acids is 2. The molecule has 0 spiro atoms. The van der Waals surface area contributed by atoms with Crippen molar-refractivity contribution in [3.05, 3.63) is 71.4 Å². The Kier molecular flexibility index (Phi) is 7.27. The first kappa shape index (κ1) is 22.8. The highest BCUT2D eigenvalue weighted by atomic mass is 16.4. The molecule has 7 heteroatoms. The Morgan fingerprint density at radius 2 is 1.76 bits per heavy atom. The van der Waals surface area contributed by atoms with Crippen molar-refractivity contribution in [1.82, 2.24) is 14.7 Å². The number of rotatable bonds is 3. The quantitative estimate of drug-likeness (QED) is 0.577. The first-order valence-electron chi connectivity index (χ1n) is 11.7. The highest BCUT2D eigenvalue weighted by Gasteiger charge is 2.23. The highest BCUT2D eigenvalue weighted by Crippen LogP contribution is 2.25. The molecule has 1 aliphatic rings. The predicted molar refractivity (Wildman–Crippen MR) is 127 cm³/mol. The summed E-state index contributed by atoms with van der Waals surface area (Å²) in [5.41, 5.74) is 2.94. The van der Waals surface area contributed by atoms with Gasteiger partial charge in [0.25, 0.3) is 5.91 Å². The molecule has 1 aliphatic heterocycles. The lowest BCUT2D eigenvalue weighted by atomic mass is 10.1. The minimum atomic E-state index is -0.126. The molecule has 7 nitrogen and oxygen atoms in total. The Hall–Kier alpha value is -3.35. The van der Waals surface area contributed by atoms with E-state index in [1.54, 1.807) is 23.9 Å². The topological polar surface area (TPSA) is 71.6 Å². The number of furan rings is 1. The zero-order chi connectivity index (χ0) is 23.2. The van der Waals surface area contributed by atoms with Gasteiger partial charge in [0.1, 0.15) is 5.76 Å². The first-order valence-corrected chi connectivity index (χ1v) is 11.7. The summed E-state index contributed by atoms with van der Waals surface area (Å²) in [4.78, 5) is 29.5. The molecule has 0 unspecified atom stereocenters. The number of fused-ring (bicyclic) bond motifs is 1. The van der Waals surface area contributed by atoms with Crippen LogP contribution in [0.1, 0.15) is 66.5 Å². The maximum absolute atomic E-state index is 13.4. The fourth-order valence-corrected chi connectivity index (χ4v) is 4.36. The Labute approximate surface area is 195 Å². The van der Waals surface area contributed by atoms with Crippen molar-refractivity contribution < 1.29 is 14.0 Å². The molecule has 3 aromatic rings. The van der Waals surface area contributed by atoms with Crippen LogP contribution in [0, 0.1) is 6.92 Å². The fraction of sp³-hybridized carbons (Fsp3) is 0.423. The van der Waals surface area contributed by atoms with Crippen LogP contribution in [-0.2, 0) is 17.9 Å². The molecular weight excluding hydrogens is 416 g/mol. The molecule has 0 N–H and O–H groups in total. The lowest BCUT2D eigenvalue weighted by Gasteiger charge is -2.28. The molecule has 0 saturated heterocycles. The van der Waals surface area contributed by atoms with Crippen molar-refractivity contribution in [2.75, 3.05) is 18.0 Å². The maximum atomic E-state index is 13.4. The number of aryl methyl sites for hydroxylation is 1. The summed E-state index contributed by atoms with van der Waals surface area (Å²) in [6, 6.07) is 11.5. The average molecular weight is 449 g/mol. The van der Waals surface area contributed by atoms with Gasteiger partial charge in [0.15, 0.2) is 5.76 Å². The number of nitrogens with zero attached hydrogens (tertiary/aromatic N) is 4. The lowest BCUT2D eigenvalue weighted by molar-refractivity contribution is -0.116. The van der Waals surface area contributed by atoms with Crippen molar-refractivity contribution in [2.45, 2.75) is 59.0 Å². The van der Waals surface area contributed by atoms with E-state index >= 15 is 0 Å². The molecule has 33 heavy (non-hydrogen) atoms. The second-order valence-electron chi connectivity index (χ2n) is 8.78. The molecule has 3 heterocycles. The lowest BCUT2D eigenvalue weighted by Crippen LogP contribution is -2.34. The average Bonchev–Trinajstić information content (AvgIpc) is 3.42. The largest absolute Gasteiger partial charge is 0.454 e. The van der Waals surface area contributed by atoms with E-state index in [1.807, 2.05) is 53.3 Å². The van der Waals surface area contributed by atoms with Gasteiger partial charge in [-0.05, 0) is 49.1 Å². The molecule has 1 aromatic carbocycles. The zero-order valence-corrected chi connectivity index (χ0v) is 19.5. The first-order chi connectivity index (χ1) is 16.0. The number of amides is 2. The smallest absolute Gasteiger partial charge is 0.289 e. The normalized spacial score (nSPS) is 15.5. The number of carbonyl (C=O) groups is 2. The summed E-state index contributed by atoms with van der Waals surface area (Å²) in [5.74, 6) is 0.932. The number of hydrogen-bond donors (Lipinski definition) is 0. The molecular formula is C26H32N4O3. The highest BCUT2D eigenvalue weighted by molar-refractivity contribution is 5.93. The van der Waals surface area contributed by atoms with Crippen LogP contribution in [0.4, 0.5) is 5.69 Å². The number of para-hydroxylation sites is 1. The van der Waals surface area contributed by atoms with E-state index in [0.29, 0.717) is 37.7 Å². The summed E-state index contributed by atoms with van der Waals surface area (Å²) >= 11 is 0. The fourth-order valence-electron chi connectivity index (χ4n) is 4.36. The van der Waals surface area contributed by atoms with Crippen molar-refractivity contribution in [3.63, 3.8) is 0 Å². The van der Waals surface area contributed by atoms with E-state index in [-0.39, 0.29) is 11.8 Å². The van der Waals surface area contributed by atoms with Crippen LogP contribution in [0.5, 0.6) is 0 Å². The minimum Gasteiger partial charge on any atom is -0.454 e. The van der Waals surface area contributed by atoms with Gasteiger partial charge in [-0.3, -0.25) is 14.3 Å². The van der Waals surface area contributed by atoms with Gasteiger partial charge >= 0.3 is 0 Å². The third-order valence-corrected chi connectivity index (χ3v) is 6.07. The maximum Gasteiger partial charge on any atom is 0.289 e. The molecule has 0 bridgehead atoms. The molecule has 0 fully saturated rings. The van der Waals surface area contributed by atoms with Gasteiger partial charge in [0, 0.05) is 38.4 Å². The second kappa shape index (κ2) is 10.5. The van der Waals surface area contributed by atoms with Crippen LogP contribution in [0.3, 0.4) is 0 Å². The number of anilines is 1. The Morgan fingerprint density at radius 1 is 1.00 bits per heavy atom. The molecule has 174 valence electrons. The zero-order valence-electron chi connectivity index (χ0n) is 19.5. The van der Waals surface area contributed by atoms with E-state index in [0.717, 1.165) is 48.9 Å². The molecule has 0 atom stereocenters. The molecule has 4 rings (SSSR count). The van der Waals surface area contributed by atoms with Crippen LogP contribution < -0.4 is 4.90 Å². The van der Waals surface area contributed by atoms with E-state index in [1.165, 1.54) is 0 Å². The van der Waals surface area contributed by atoms with Gasteiger partial charge < -0.3 is 14.2 Å². The summed E-state index contributed by atoms with van der Waals surface area (Å²) in [6.07, 6.45) is 8.92. The molecule has 2 aromatic heterocycles. The summed E-state index contributed by atoms with van der Waals surface area (Å²) in [7, 11) is 0. The molecule has 2 amide bonds. The van der Waals surface area contributed by atoms with Gasteiger partial charge in [-0.2, -0.15) is 5.10 Å². The van der Waals surface area contributed by atoms with Crippen LogP contribution in [-0.4, -0.2) is 39.6 Å². The third kappa shape index (κ3) is 5.72. The van der Waals surface area contributed by atoms with Crippen LogP contribution in [0.2, 0.25) is 0 Å². The van der Waals surface area contributed by atoms with Crippen molar-refractivity contribution in [2.24, 2.45) is 0 Å². The van der Waals surface area contributed by atoms with Gasteiger partial charge in [0.2, 0.25) is 5.91 Å². The van der Waals surface area contributed by atoms with Gasteiger partial charge in [-0.1, -0.05) is 37.5 Å². The SMILES string of the molecule is CC(=O)N1CCCCCCCN(C(=O)c2ccc(Cn3cc(C)cn3)o2)Cc2ccccc21. The number of aromatic nitrogens is 2. The Balaban J connectivity index is 1.57. The molecule has 0 radical (unpaired) electrons. The van der Waals surface area contributed by atoms with Crippen LogP contribution in [0.25, 0.3) is 0 Å². The van der Waals surface area contributed by atoms with Crippen molar-refractivity contribution in [1.29, 1.82) is 0 Å². The van der Waals surface area contributed by atoms with Crippen molar-refractivity contribution in [3.8, 4) is 0 Å². The van der Waals surface area contributed by atoms with E-state index < -0.39 is 0 Å². The molecule has 0 saturated carbocycles. The number of hydrogen-bond acceptors (Lipinski definition) is 4. The van der Waals surface area contributed by atoms with Gasteiger partial charge in [-0.15, -0.1) is 0 Å². The van der Waals surface area contributed by atoms with Gasteiger partial charge in [0.05, 0.1) is 12.7 Å². The van der Waals surface area contributed by atoms with Crippen molar-refractivity contribution >= 4 is 17.5 Å². The summed E-state index contributed by atoms with van der Waals surface area (Å²) < 4.78 is 7.71. The van der Waals surface area contributed by atoms with E-state index in [4.69, 9.17) is 4.42 Å². The van der Waals surface area contributed by atoms with E-state index in [2.05, 4.69) is 5.10 Å². The Morgan fingerprint density at radius 3 is 2.52 bits per heavy atom. The van der Waals surface area contributed by atoms with Crippen LogP contribution >= 0.6 is 0 Å². The third-order valence-electron chi connectivity index (χ3n) is 6.07. The minimum absolute atomic E-state index is 0.0296. The monoisotopic (exact) mass is 448 g/mol.